The lowest BCUT2D eigenvalue weighted by Gasteiger charge is -2.04. The van der Waals surface area contributed by atoms with E-state index in [2.05, 4.69) is 28.4 Å². The lowest BCUT2D eigenvalue weighted by Crippen LogP contribution is -2.32. The quantitative estimate of drug-likeness (QED) is 0.239. The number of nitrogens with one attached hydrogen (secondary N) is 1. The number of hydrogen-bond acceptors (Lipinski definition) is 4. The van der Waals surface area contributed by atoms with Gasteiger partial charge in [-0.15, -0.1) is 24.0 Å². The third-order valence-electron chi connectivity index (χ3n) is 3.80. The molecular weight excluding hydrogens is 441 g/mol. The molecule has 5 N–H and O–H groups in total. The molecule has 0 amide bonds. The smallest absolute Gasteiger partial charge is 0.188 e. The Morgan fingerprint density at radius 3 is 2.69 bits per heavy atom. The zero-order valence-electron chi connectivity index (χ0n) is 15.0. The van der Waals surface area contributed by atoms with Crippen molar-refractivity contribution < 1.29 is 0 Å². The van der Waals surface area contributed by atoms with Crippen molar-refractivity contribution in [2.24, 2.45) is 10.7 Å². The van der Waals surface area contributed by atoms with Gasteiger partial charge in [-0.25, -0.2) is 4.68 Å². The molecule has 0 saturated heterocycles. The van der Waals surface area contributed by atoms with Gasteiger partial charge in [-0.05, 0) is 31.4 Å². The SMILES string of the molecule is CCCCNC(N)=NCCCc1nn(-c2ccccc2)c(N)c1C#N.I. The van der Waals surface area contributed by atoms with Crippen LogP contribution in [-0.4, -0.2) is 28.8 Å². The maximum absolute atomic E-state index is 9.38. The molecule has 0 saturated carbocycles. The van der Waals surface area contributed by atoms with Gasteiger partial charge in [0.1, 0.15) is 17.5 Å². The molecule has 0 unspecified atom stereocenters. The number of aliphatic imine (C=N–C) groups is 1. The number of nitriles is 1. The molecule has 1 aromatic carbocycles. The van der Waals surface area contributed by atoms with Crippen LogP contribution in [-0.2, 0) is 6.42 Å². The van der Waals surface area contributed by atoms with Crippen LogP contribution in [0.2, 0.25) is 0 Å². The lowest BCUT2D eigenvalue weighted by atomic mass is 10.1. The van der Waals surface area contributed by atoms with Crippen LogP contribution in [0.1, 0.15) is 37.4 Å². The summed E-state index contributed by atoms with van der Waals surface area (Å²) in [5.74, 6) is 0.830. The molecule has 0 aliphatic heterocycles. The third-order valence-corrected chi connectivity index (χ3v) is 3.80. The second-order valence-electron chi connectivity index (χ2n) is 5.72. The normalized spacial score (nSPS) is 10.8. The Balaban J connectivity index is 0.00000338. The molecule has 1 aromatic heterocycles. The molecule has 26 heavy (non-hydrogen) atoms. The van der Waals surface area contributed by atoms with E-state index in [4.69, 9.17) is 11.5 Å². The zero-order valence-corrected chi connectivity index (χ0v) is 17.3. The molecule has 0 fully saturated rings. The molecule has 2 aromatic rings. The number of para-hydroxylation sites is 1. The number of aromatic nitrogens is 2. The van der Waals surface area contributed by atoms with E-state index in [9.17, 15) is 5.26 Å². The highest BCUT2D eigenvalue weighted by Crippen LogP contribution is 2.21. The summed E-state index contributed by atoms with van der Waals surface area (Å²) in [6.07, 6.45) is 3.55. The molecule has 0 bridgehead atoms. The molecule has 0 atom stereocenters. The first-order valence-electron chi connectivity index (χ1n) is 8.54. The highest BCUT2D eigenvalue weighted by Gasteiger charge is 2.15. The number of benzene rings is 1. The molecule has 0 aliphatic carbocycles. The number of guanidine groups is 1. The molecule has 7 nitrogen and oxygen atoms in total. The van der Waals surface area contributed by atoms with Crippen LogP contribution in [0.25, 0.3) is 5.69 Å². The Bertz CT molecular complexity index is 747. The number of hydrogen-bond donors (Lipinski definition) is 3. The largest absolute Gasteiger partial charge is 0.382 e. The summed E-state index contributed by atoms with van der Waals surface area (Å²) in [6.45, 7) is 3.54. The number of rotatable bonds is 8. The summed E-state index contributed by atoms with van der Waals surface area (Å²) in [7, 11) is 0. The van der Waals surface area contributed by atoms with Gasteiger partial charge in [-0.2, -0.15) is 10.4 Å². The summed E-state index contributed by atoms with van der Waals surface area (Å²) in [6, 6.07) is 11.7. The Morgan fingerprint density at radius 1 is 1.31 bits per heavy atom. The van der Waals surface area contributed by atoms with Gasteiger partial charge in [0.05, 0.1) is 11.4 Å². The Hall–Kier alpha value is -2.28. The minimum Gasteiger partial charge on any atom is -0.382 e. The first-order chi connectivity index (χ1) is 12.2. The van der Waals surface area contributed by atoms with Crippen LogP contribution < -0.4 is 16.8 Å². The Morgan fingerprint density at radius 2 is 2.04 bits per heavy atom. The van der Waals surface area contributed by atoms with E-state index >= 15 is 0 Å². The number of nitrogens with two attached hydrogens (primary N) is 2. The van der Waals surface area contributed by atoms with E-state index in [1.54, 1.807) is 4.68 Å². The van der Waals surface area contributed by atoms with E-state index in [0.717, 1.165) is 31.5 Å². The van der Waals surface area contributed by atoms with E-state index in [1.807, 2.05) is 30.3 Å². The number of nitrogen functional groups attached to an aromatic ring is 1. The number of unbranched alkanes of at least 4 members (excludes halogenated alkanes) is 1. The van der Waals surface area contributed by atoms with E-state index in [0.29, 0.717) is 36.0 Å². The van der Waals surface area contributed by atoms with Crippen LogP contribution in [0.4, 0.5) is 5.82 Å². The molecule has 0 spiro atoms. The van der Waals surface area contributed by atoms with Crippen molar-refractivity contribution in [2.45, 2.75) is 32.6 Å². The van der Waals surface area contributed by atoms with E-state index < -0.39 is 0 Å². The molecule has 1 heterocycles. The van der Waals surface area contributed by atoms with Gasteiger partial charge in [0.25, 0.3) is 0 Å². The summed E-state index contributed by atoms with van der Waals surface area (Å²) >= 11 is 0. The van der Waals surface area contributed by atoms with Gasteiger partial charge in [-0.3, -0.25) is 4.99 Å². The molecule has 0 aliphatic rings. The maximum Gasteiger partial charge on any atom is 0.188 e. The predicted molar refractivity (Wildman–Crippen MR) is 116 cm³/mol. The first kappa shape index (κ1) is 21.8. The van der Waals surface area contributed by atoms with Gasteiger partial charge in [0.15, 0.2) is 5.96 Å². The Labute approximate surface area is 171 Å². The molecule has 0 radical (unpaired) electrons. The molecular formula is C18H26IN7. The summed E-state index contributed by atoms with van der Waals surface area (Å²) < 4.78 is 1.61. The second-order valence-corrected chi connectivity index (χ2v) is 5.72. The van der Waals surface area contributed by atoms with Gasteiger partial charge >= 0.3 is 0 Å². The van der Waals surface area contributed by atoms with Crippen molar-refractivity contribution in [3.63, 3.8) is 0 Å². The first-order valence-corrected chi connectivity index (χ1v) is 8.54. The molecule has 140 valence electrons. The van der Waals surface area contributed by atoms with Gasteiger partial charge in [-0.1, -0.05) is 31.5 Å². The Kier molecular flexibility index (Phi) is 9.51. The number of aryl methyl sites for hydroxylation is 1. The van der Waals surface area contributed by atoms with Crippen molar-refractivity contribution in [1.82, 2.24) is 15.1 Å². The monoisotopic (exact) mass is 467 g/mol. The van der Waals surface area contributed by atoms with Crippen molar-refractivity contribution >= 4 is 35.8 Å². The highest BCUT2D eigenvalue weighted by atomic mass is 127. The number of halogens is 1. The highest BCUT2D eigenvalue weighted by molar-refractivity contribution is 14.0. The number of anilines is 1. The van der Waals surface area contributed by atoms with Gasteiger partial charge in [0, 0.05) is 13.1 Å². The maximum atomic E-state index is 9.38. The lowest BCUT2D eigenvalue weighted by molar-refractivity contribution is 0.740. The second kappa shape index (κ2) is 11.4. The van der Waals surface area contributed by atoms with Gasteiger partial charge in [0.2, 0.25) is 0 Å². The average Bonchev–Trinajstić information content (AvgIpc) is 2.95. The topological polar surface area (TPSA) is 118 Å². The minimum atomic E-state index is 0. The summed E-state index contributed by atoms with van der Waals surface area (Å²) in [5, 5.41) is 17.0. The van der Waals surface area contributed by atoms with E-state index in [-0.39, 0.29) is 24.0 Å². The average molecular weight is 467 g/mol. The molecule has 2 rings (SSSR count). The van der Waals surface area contributed by atoms with Crippen molar-refractivity contribution in [1.29, 1.82) is 5.26 Å². The fourth-order valence-electron chi connectivity index (χ4n) is 2.44. The fourth-order valence-corrected chi connectivity index (χ4v) is 2.44. The van der Waals surface area contributed by atoms with Crippen LogP contribution in [0.3, 0.4) is 0 Å². The standard InChI is InChI=1S/C18H25N7.HI/c1-2-3-11-22-18(21)23-12-7-10-16-15(13-19)17(20)25(24-16)14-8-5-4-6-9-14;/h4-6,8-9H,2-3,7,10-12,20H2,1H3,(H3,21,22,23);1H. The van der Waals surface area contributed by atoms with Crippen molar-refractivity contribution in [3.05, 3.63) is 41.6 Å². The van der Waals surface area contributed by atoms with E-state index in [1.165, 1.54) is 0 Å². The summed E-state index contributed by atoms with van der Waals surface area (Å²) in [4.78, 5) is 4.29. The zero-order chi connectivity index (χ0) is 18.1. The minimum absolute atomic E-state index is 0. The number of nitrogens with zero attached hydrogens (tertiary/aromatic N) is 4. The molecule has 8 heteroatoms. The van der Waals surface area contributed by atoms with Crippen LogP contribution in [0.15, 0.2) is 35.3 Å². The van der Waals surface area contributed by atoms with Crippen LogP contribution >= 0.6 is 24.0 Å². The van der Waals surface area contributed by atoms with Gasteiger partial charge < -0.3 is 16.8 Å². The van der Waals surface area contributed by atoms with Crippen LogP contribution in [0, 0.1) is 11.3 Å². The predicted octanol–water partition coefficient (Wildman–Crippen LogP) is 2.58. The van der Waals surface area contributed by atoms with Crippen molar-refractivity contribution in [2.75, 3.05) is 18.8 Å². The summed E-state index contributed by atoms with van der Waals surface area (Å²) in [5.41, 5.74) is 13.9. The third kappa shape index (κ3) is 5.91. The van der Waals surface area contributed by atoms with Crippen molar-refractivity contribution in [3.8, 4) is 11.8 Å². The fraction of sp³-hybridized carbons (Fsp3) is 0.389. The van der Waals surface area contributed by atoms with Crippen LogP contribution in [0.5, 0.6) is 0 Å².